The van der Waals surface area contributed by atoms with E-state index < -0.39 is 0 Å². The van der Waals surface area contributed by atoms with Crippen LogP contribution < -0.4 is 0 Å². The molecule has 1 N–H and O–H groups in total. The molecule has 18 heavy (non-hydrogen) atoms. The van der Waals surface area contributed by atoms with Crippen LogP contribution in [0.15, 0.2) is 11.8 Å². The molecule has 5 atom stereocenters. The maximum Gasteiger partial charge on any atom is 0.205 e. The van der Waals surface area contributed by atoms with Gasteiger partial charge in [-0.05, 0) is 44.1 Å². The van der Waals surface area contributed by atoms with E-state index in [9.17, 15) is 5.11 Å². The Morgan fingerprint density at radius 1 is 1.50 bits per heavy atom. The van der Waals surface area contributed by atoms with Crippen LogP contribution in [0.3, 0.4) is 0 Å². The number of hydrogen-bond acceptors (Lipinski definition) is 4. The number of hydrogen-bond donors (Lipinski definition) is 1. The Morgan fingerprint density at radius 3 is 2.94 bits per heavy atom. The number of ether oxygens (including phenoxy) is 3. The largest absolute Gasteiger partial charge is 0.472 e. The summed E-state index contributed by atoms with van der Waals surface area (Å²) in [4.78, 5) is 0. The van der Waals surface area contributed by atoms with E-state index in [4.69, 9.17) is 14.2 Å². The third kappa shape index (κ3) is 2.71. The fourth-order valence-corrected chi connectivity index (χ4v) is 3.19. The lowest BCUT2D eigenvalue weighted by Gasteiger charge is -2.36. The summed E-state index contributed by atoms with van der Waals surface area (Å²) >= 11 is 0. The summed E-state index contributed by atoms with van der Waals surface area (Å²) in [5, 5.41) is 9.36. The van der Waals surface area contributed by atoms with Crippen molar-refractivity contribution < 1.29 is 19.3 Å². The van der Waals surface area contributed by atoms with Crippen LogP contribution >= 0.6 is 0 Å². The molecule has 4 nitrogen and oxygen atoms in total. The molecule has 0 aromatic heterocycles. The van der Waals surface area contributed by atoms with Crippen LogP contribution in [0.25, 0.3) is 0 Å². The van der Waals surface area contributed by atoms with Crippen LogP contribution in [0.4, 0.5) is 0 Å². The van der Waals surface area contributed by atoms with Crippen LogP contribution in [-0.4, -0.2) is 30.9 Å². The third-order valence-corrected chi connectivity index (χ3v) is 4.11. The summed E-state index contributed by atoms with van der Waals surface area (Å²) in [5.74, 6) is 1.29. The molecule has 1 aliphatic heterocycles. The molecule has 0 aromatic carbocycles. The Morgan fingerprint density at radius 2 is 2.28 bits per heavy atom. The first-order chi connectivity index (χ1) is 8.67. The highest BCUT2D eigenvalue weighted by Gasteiger charge is 2.45. The Labute approximate surface area is 109 Å². The molecule has 0 aromatic rings. The van der Waals surface area contributed by atoms with Crippen LogP contribution in [0, 0.1) is 17.8 Å². The van der Waals surface area contributed by atoms with E-state index in [1.54, 1.807) is 6.26 Å². The normalized spacial score (nSPS) is 36.8. The highest BCUT2D eigenvalue weighted by Crippen LogP contribution is 2.46. The van der Waals surface area contributed by atoms with Gasteiger partial charge in [0.25, 0.3) is 0 Å². The second kappa shape index (κ2) is 6.04. The minimum atomic E-state index is -0.252. The topological polar surface area (TPSA) is 47.9 Å². The van der Waals surface area contributed by atoms with E-state index in [2.05, 4.69) is 6.92 Å². The van der Waals surface area contributed by atoms with Crippen molar-refractivity contribution >= 4 is 0 Å². The lowest BCUT2D eigenvalue weighted by molar-refractivity contribution is -0.250. The lowest BCUT2D eigenvalue weighted by Crippen LogP contribution is -2.39. The number of aliphatic hydroxyl groups is 1. The Balaban J connectivity index is 2.05. The van der Waals surface area contributed by atoms with Crippen LogP contribution in [0.2, 0.25) is 0 Å². The molecule has 1 heterocycles. The zero-order valence-corrected chi connectivity index (χ0v) is 11.5. The van der Waals surface area contributed by atoms with E-state index in [0.29, 0.717) is 24.4 Å². The van der Waals surface area contributed by atoms with Crippen LogP contribution in [-0.2, 0) is 14.2 Å². The van der Waals surface area contributed by atoms with Crippen molar-refractivity contribution in [3.63, 3.8) is 0 Å². The Bertz CT molecular complexity index is 302. The average Bonchev–Trinajstić information content (AvgIpc) is 2.73. The van der Waals surface area contributed by atoms with Gasteiger partial charge < -0.3 is 19.3 Å². The third-order valence-electron chi connectivity index (χ3n) is 4.11. The van der Waals surface area contributed by atoms with Crippen molar-refractivity contribution in [1.29, 1.82) is 0 Å². The molecule has 2 aliphatic rings. The summed E-state index contributed by atoms with van der Waals surface area (Å²) in [6.45, 7) is 6.80. The first-order valence-corrected chi connectivity index (χ1v) is 6.89. The van der Waals surface area contributed by atoms with Gasteiger partial charge in [-0.3, -0.25) is 0 Å². The summed E-state index contributed by atoms with van der Waals surface area (Å²) < 4.78 is 16.9. The van der Waals surface area contributed by atoms with E-state index in [0.717, 1.165) is 12.0 Å². The van der Waals surface area contributed by atoms with Gasteiger partial charge in [0.15, 0.2) is 6.29 Å². The first-order valence-electron chi connectivity index (χ1n) is 6.89. The lowest BCUT2D eigenvalue weighted by atomic mass is 9.84. The van der Waals surface area contributed by atoms with Crippen molar-refractivity contribution in [3.05, 3.63) is 11.8 Å². The quantitative estimate of drug-likeness (QED) is 0.767. The molecule has 1 aliphatic carbocycles. The molecule has 1 fully saturated rings. The summed E-state index contributed by atoms with van der Waals surface area (Å²) in [5.41, 5.74) is 1.01. The molecule has 0 radical (unpaired) electrons. The average molecular weight is 256 g/mol. The monoisotopic (exact) mass is 256 g/mol. The fraction of sp³-hybridized carbons (Fsp3) is 0.857. The molecule has 1 unspecified atom stereocenters. The van der Waals surface area contributed by atoms with Gasteiger partial charge >= 0.3 is 0 Å². The molecule has 104 valence electrons. The van der Waals surface area contributed by atoms with Crippen LogP contribution in [0.1, 0.15) is 33.6 Å². The SMILES string of the molecule is CCOC(C)O[C@@H]1OC=C(CO)[C@H]2CC[C@@H](C)[C@@H]12. The van der Waals surface area contributed by atoms with E-state index in [1.165, 1.54) is 6.42 Å². The van der Waals surface area contributed by atoms with Crippen LogP contribution in [0.5, 0.6) is 0 Å². The number of fused-ring (bicyclic) bond motifs is 1. The van der Waals surface area contributed by atoms with Crippen molar-refractivity contribution in [2.24, 2.45) is 17.8 Å². The molecule has 1 saturated carbocycles. The van der Waals surface area contributed by atoms with E-state index in [1.807, 2.05) is 13.8 Å². The second-order valence-corrected chi connectivity index (χ2v) is 5.25. The Kier molecular flexibility index (Phi) is 4.65. The van der Waals surface area contributed by atoms with Gasteiger partial charge in [-0.1, -0.05) is 6.92 Å². The zero-order chi connectivity index (χ0) is 13.1. The van der Waals surface area contributed by atoms with Gasteiger partial charge in [0, 0.05) is 12.5 Å². The molecular formula is C14H24O4. The zero-order valence-electron chi connectivity index (χ0n) is 11.5. The highest BCUT2D eigenvalue weighted by molar-refractivity contribution is 5.12. The van der Waals surface area contributed by atoms with Gasteiger partial charge in [-0.15, -0.1) is 0 Å². The van der Waals surface area contributed by atoms with E-state index in [-0.39, 0.29) is 19.2 Å². The molecule has 4 heteroatoms. The molecule has 0 saturated heterocycles. The number of aliphatic hydroxyl groups excluding tert-OH is 1. The van der Waals surface area contributed by atoms with Crippen molar-refractivity contribution in [3.8, 4) is 0 Å². The van der Waals surface area contributed by atoms with Gasteiger partial charge in [0.05, 0.1) is 12.9 Å². The Hall–Kier alpha value is -0.580. The summed E-state index contributed by atoms with van der Waals surface area (Å²) in [7, 11) is 0. The summed E-state index contributed by atoms with van der Waals surface area (Å²) in [6, 6.07) is 0. The van der Waals surface area contributed by atoms with Gasteiger partial charge in [-0.25, -0.2) is 0 Å². The molecule has 0 spiro atoms. The van der Waals surface area contributed by atoms with Crippen molar-refractivity contribution in [1.82, 2.24) is 0 Å². The first kappa shape index (κ1) is 13.8. The predicted octanol–water partition coefficient (Wildman–Crippen LogP) is 2.28. The minimum Gasteiger partial charge on any atom is -0.472 e. The van der Waals surface area contributed by atoms with Gasteiger partial charge in [0.2, 0.25) is 6.29 Å². The van der Waals surface area contributed by atoms with E-state index >= 15 is 0 Å². The molecule has 0 bridgehead atoms. The summed E-state index contributed by atoms with van der Waals surface area (Å²) in [6.07, 6.45) is 3.47. The highest BCUT2D eigenvalue weighted by atomic mass is 16.8. The van der Waals surface area contributed by atoms with Crippen molar-refractivity contribution in [2.45, 2.75) is 46.2 Å². The number of rotatable bonds is 5. The maximum absolute atomic E-state index is 9.36. The van der Waals surface area contributed by atoms with Gasteiger partial charge in [-0.2, -0.15) is 0 Å². The smallest absolute Gasteiger partial charge is 0.205 e. The molecular weight excluding hydrogens is 232 g/mol. The molecule has 2 rings (SSSR count). The van der Waals surface area contributed by atoms with Gasteiger partial charge in [0.1, 0.15) is 0 Å². The molecule has 0 amide bonds. The van der Waals surface area contributed by atoms with Crippen molar-refractivity contribution in [2.75, 3.05) is 13.2 Å². The minimum absolute atomic E-state index is 0.0849. The predicted molar refractivity (Wildman–Crippen MR) is 67.6 cm³/mol. The fourth-order valence-electron chi connectivity index (χ4n) is 3.19. The standard InChI is InChI=1S/C14H24O4/c1-4-16-10(3)18-14-13-9(2)5-6-12(13)11(7-15)8-17-14/h8-10,12-15H,4-7H2,1-3H3/t9-,10?,12-,13-,14+/m1/s1. The maximum atomic E-state index is 9.36. The second-order valence-electron chi connectivity index (χ2n) is 5.25.